The molecule has 1 aliphatic heterocycles. The van der Waals surface area contributed by atoms with Crippen molar-refractivity contribution in [3.8, 4) is 33.4 Å². The molecule has 0 aromatic heterocycles. The van der Waals surface area contributed by atoms with Gasteiger partial charge >= 0.3 is 0 Å². The molecule has 0 amide bonds. The first kappa shape index (κ1) is 34.6. The van der Waals surface area contributed by atoms with E-state index in [9.17, 15) is 0 Å². The van der Waals surface area contributed by atoms with Crippen molar-refractivity contribution < 1.29 is 0 Å². The molecule has 276 valence electrons. The normalized spacial score (nSPS) is 13.0. The van der Waals surface area contributed by atoms with Crippen LogP contribution in [0.5, 0.6) is 0 Å². The molecule has 0 saturated heterocycles. The molecule has 0 atom stereocenters. The van der Waals surface area contributed by atoms with Gasteiger partial charge in [0, 0.05) is 12.0 Å². The number of allylic oxidation sites excluding steroid dienone is 1. The highest BCUT2D eigenvalue weighted by atomic mass is 14.9. The van der Waals surface area contributed by atoms with Crippen LogP contribution in [0.3, 0.4) is 0 Å². The lowest BCUT2D eigenvalue weighted by atomic mass is 9.84. The van der Waals surface area contributed by atoms with Crippen LogP contribution in [0, 0.1) is 0 Å². The second kappa shape index (κ2) is 14.7. The van der Waals surface area contributed by atoms with Gasteiger partial charge in [-0.2, -0.15) is 0 Å². The number of hydrogen-bond donors (Lipinski definition) is 0. The summed E-state index contributed by atoms with van der Waals surface area (Å²) in [6.07, 6.45) is 2.90. The third kappa shape index (κ3) is 6.42. The van der Waals surface area contributed by atoms with Gasteiger partial charge in [-0.25, -0.2) is 9.98 Å². The standard InChI is InChI=1S/C57H38N2/c1-3-15-41(16-4-1)53-33-34-54(59-57(58-53)43-17-5-2-6-18-43)42-27-23-40(24-28-42)46-31-32-51-52(37-46)56(48-30-26-39-14-8-10-20-45(39)36-48)50-22-12-11-21-49(50)55(51)47-29-25-38-13-7-9-19-44(38)35-47/h1-32,34-37H,33H2. The van der Waals surface area contributed by atoms with E-state index in [-0.39, 0.29) is 0 Å². The van der Waals surface area contributed by atoms with Gasteiger partial charge in [-0.3, -0.25) is 0 Å². The number of amidine groups is 1. The molecule has 0 unspecified atom stereocenters. The fraction of sp³-hybridized carbons (Fsp3) is 0.0175. The fourth-order valence-electron chi connectivity index (χ4n) is 8.77. The topological polar surface area (TPSA) is 24.7 Å². The van der Waals surface area contributed by atoms with E-state index in [2.05, 4.69) is 194 Å². The summed E-state index contributed by atoms with van der Waals surface area (Å²) in [6, 6.07) is 76.6. The smallest absolute Gasteiger partial charge is 0.160 e. The summed E-state index contributed by atoms with van der Waals surface area (Å²) in [7, 11) is 0. The molecule has 0 radical (unpaired) electrons. The number of rotatable bonds is 6. The van der Waals surface area contributed by atoms with Crippen LogP contribution >= 0.6 is 0 Å². The van der Waals surface area contributed by atoms with Gasteiger partial charge in [0.25, 0.3) is 0 Å². The fourth-order valence-corrected chi connectivity index (χ4v) is 8.77. The lowest BCUT2D eigenvalue weighted by Gasteiger charge is -2.19. The molecule has 0 fully saturated rings. The molecule has 2 heteroatoms. The number of fused-ring (bicyclic) bond motifs is 4. The molecule has 0 bridgehead atoms. The van der Waals surface area contributed by atoms with Crippen molar-refractivity contribution >= 4 is 60.3 Å². The summed E-state index contributed by atoms with van der Waals surface area (Å²) in [5.41, 5.74) is 12.4. The van der Waals surface area contributed by atoms with Crippen molar-refractivity contribution in [1.82, 2.24) is 0 Å². The first-order chi connectivity index (χ1) is 29.2. The Labute approximate surface area is 343 Å². The molecular formula is C57H38N2. The van der Waals surface area contributed by atoms with Gasteiger partial charge < -0.3 is 0 Å². The summed E-state index contributed by atoms with van der Waals surface area (Å²) in [5, 5.41) is 9.93. The largest absolute Gasteiger partial charge is 0.232 e. The SMILES string of the molecule is C1=C(c2ccc(-c3ccc4c(-c5ccc6ccccc6c5)c5ccccc5c(-c5ccc6ccccc6c5)c4c3)cc2)N=C(c2ccccc2)N=C(c2ccccc2)C1. The predicted molar refractivity (Wildman–Crippen MR) is 251 cm³/mol. The molecule has 0 N–H and O–H groups in total. The lowest BCUT2D eigenvalue weighted by Crippen LogP contribution is -2.04. The Hall–Kier alpha value is -7.68. The zero-order valence-corrected chi connectivity index (χ0v) is 32.4. The third-order valence-electron chi connectivity index (χ3n) is 11.7. The molecule has 11 rings (SSSR count). The Kier molecular flexibility index (Phi) is 8.60. The van der Waals surface area contributed by atoms with Crippen molar-refractivity contribution in [2.24, 2.45) is 9.98 Å². The van der Waals surface area contributed by atoms with E-state index in [0.717, 1.165) is 39.5 Å². The minimum Gasteiger partial charge on any atom is -0.232 e. The second-order valence-corrected chi connectivity index (χ2v) is 15.3. The van der Waals surface area contributed by atoms with Crippen LogP contribution in [0.1, 0.15) is 23.1 Å². The molecule has 10 aromatic carbocycles. The maximum atomic E-state index is 5.18. The summed E-state index contributed by atoms with van der Waals surface area (Å²) < 4.78 is 0. The minimum atomic E-state index is 0.691. The maximum Gasteiger partial charge on any atom is 0.160 e. The molecule has 0 saturated carbocycles. The van der Waals surface area contributed by atoms with Crippen molar-refractivity contribution in [1.29, 1.82) is 0 Å². The van der Waals surface area contributed by atoms with Crippen molar-refractivity contribution in [3.63, 3.8) is 0 Å². The van der Waals surface area contributed by atoms with Crippen LogP contribution in [-0.2, 0) is 0 Å². The van der Waals surface area contributed by atoms with E-state index in [0.29, 0.717) is 6.42 Å². The average molecular weight is 751 g/mol. The second-order valence-electron chi connectivity index (χ2n) is 15.3. The Morgan fingerprint density at radius 2 is 0.763 bits per heavy atom. The summed E-state index contributed by atoms with van der Waals surface area (Å²) in [5.74, 6) is 0.725. The third-order valence-corrected chi connectivity index (χ3v) is 11.7. The number of hydrogen-bond acceptors (Lipinski definition) is 2. The van der Waals surface area contributed by atoms with Gasteiger partial charge in [-0.1, -0.05) is 200 Å². The molecule has 1 aliphatic rings. The highest BCUT2D eigenvalue weighted by Gasteiger charge is 2.19. The van der Waals surface area contributed by atoms with Gasteiger partial charge in [0.1, 0.15) is 0 Å². The van der Waals surface area contributed by atoms with Crippen LogP contribution in [0.25, 0.3) is 82.2 Å². The Balaban J connectivity index is 1.06. The van der Waals surface area contributed by atoms with Crippen molar-refractivity contribution in [2.45, 2.75) is 6.42 Å². The molecule has 1 heterocycles. The quantitative estimate of drug-likeness (QED) is 0.151. The van der Waals surface area contributed by atoms with Crippen LogP contribution in [-0.4, -0.2) is 11.5 Å². The van der Waals surface area contributed by atoms with Gasteiger partial charge in [0.2, 0.25) is 0 Å². The predicted octanol–water partition coefficient (Wildman–Crippen LogP) is 15.0. The summed E-state index contributed by atoms with van der Waals surface area (Å²) >= 11 is 0. The van der Waals surface area contributed by atoms with E-state index in [4.69, 9.17) is 9.98 Å². The molecular weight excluding hydrogens is 713 g/mol. The molecule has 2 nitrogen and oxygen atoms in total. The van der Waals surface area contributed by atoms with E-state index in [1.165, 1.54) is 70.9 Å². The van der Waals surface area contributed by atoms with E-state index < -0.39 is 0 Å². The van der Waals surface area contributed by atoms with Crippen molar-refractivity contribution in [3.05, 3.63) is 235 Å². The van der Waals surface area contributed by atoms with Crippen molar-refractivity contribution in [2.75, 3.05) is 0 Å². The highest BCUT2D eigenvalue weighted by Crippen LogP contribution is 2.46. The number of benzene rings is 10. The van der Waals surface area contributed by atoms with E-state index >= 15 is 0 Å². The van der Waals surface area contributed by atoms with Gasteiger partial charge in [0.15, 0.2) is 5.84 Å². The Morgan fingerprint density at radius 3 is 1.39 bits per heavy atom. The first-order valence-electron chi connectivity index (χ1n) is 20.3. The average Bonchev–Trinajstić information content (AvgIpc) is 3.55. The first-order valence-corrected chi connectivity index (χ1v) is 20.3. The monoisotopic (exact) mass is 750 g/mol. The maximum absolute atomic E-state index is 5.18. The summed E-state index contributed by atoms with van der Waals surface area (Å²) in [6.45, 7) is 0. The minimum absolute atomic E-state index is 0.691. The number of aliphatic imine (C=N–C) groups is 2. The van der Waals surface area contributed by atoms with E-state index in [1.807, 2.05) is 24.3 Å². The van der Waals surface area contributed by atoms with Gasteiger partial charge in [-0.05, 0) is 106 Å². The zero-order chi connectivity index (χ0) is 39.1. The van der Waals surface area contributed by atoms with Crippen LogP contribution in [0.2, 0.25) is 0 Å². The van der Waals surface area contributed by atoms with Crippen LogP contribution < -0.4 is 0 Å². The van der Waals surface area contributed by atoms with Crippen LogP contribution in [0.4, 0.5) is 0 Å². The molecule has 0 spiro atoms. The Morgan fingerprint density at radius 1 is 0.288 bits per heavy atom. The Bertz CT molecular complexity index is 3320. The van der Waals surface area contributed by atoms with Gasteiger partial charge in [0.05, 0.1) is 11.4 Å². The van der Waals surface area contributed by atoms with Gasteiger partial charge in [-0.15, -0.1) is 0 Å². The number of nitrogens with zero attached hydrogens (tertiary/aromatic N) is 2. The zero-order valence-electron chi connectivity index (χ0n) is 32.4. The van der Waals surface area contributed by atoms with Crippen LogP contribution in [0.15, 0.2) is 228 Å². The summed E-state index contributed by atoms with van der Waals surface area (Å²) in [4.78, 5) is 10.3. The lowest BCUT2D eigenvalue weighted by molar-refractivity contribution is 1.42. The molecule has 10 aromatic rings. The van der Waals surface area contributed by atoms with E-state index in [1.54, 1.807) is 0 Å². The molecule has 0 aliphatic carbocycles. The highest BCUT2D eigenvalue weighted by molar-refractivity contribution is 6.23. The molecule has 59 heavy (non-hydrogen) atoms.